The van der Waals surface area contributed by atoms with E-state index in [-0.39, 0.29) is 22.4 Å². The number of carbonyl (C=O) groups excluding carboxylic acids is 1. The number of aldehydes is 1. The van der Waals surface area contributed by atoms with E-state index < -0.39 is 10.1 Å². The van der Waals surface area contributed by atoms with Crippen LogP contribution in [0.5, 0.6) is 5.75 Å². The summed E-state index contributed by atoms with van der Waals surface area (Å²) in [7, 11) is -4.55. The topological polar surface area (TPSA) is 169 Å². The van der Waals surface area contributed by atoms with E-state index in [2.05, 4.69) is 25.5 Å². The van der Waals surface area contributed by atoms with Gasteiger partial charge in [-0.05, 0) is 69.5 Å². The van der Waals surface area contributed by atoms with Crippen molar-refractivity contribution in [2.24, 2.45) is 26.4 Å². The van der Waals surface area contributed by atoms with Gasteiger partial charge in [-0.1, -0.05) is 17.4 Å². The summed E-state index contributed by atoms with van der Waals surface area (Å²) in [4.78, 5) is 15.8. The van der Waals surface area contributed by atoms with Crippen LogP contribution < -0.4 is 21.0 Å². The molecule has 38 heavy (non-hydrogen) atoms. The van der Waals surface area contributed by atoms with Crippen LogP contribution in [0.25, 0.3) is 23.4 Å². The second kappa shape index (κ2) is 11.0. The zero-order valence-electron chi connectivity index (χ0n) is 21.0. The highest BCUT2D eigenvalue weighted by Crippen LogP contribution is 2.35. The van der Waals surface area contributed by atoms with Crippen LogP contribution in [-0.2, 0) is 10.1 Å². The van der Waals surface area contributed by atoms with Gasteiger partial charge in [-0.3, -0.25) is 14.3 Å². The van der Waals surface area contributed by atoms with Crippen molar-refractivity contribution in [2.75, 3.05) is 0 Å². The number of hydrogen-bond acceptors (Lipinski definition) is 9. The van der Waals surface area contributed by atoms with E-state index in [9.17, 15) is 17.8 Å². The summed E-state index contributed by atoms with van der Waals surface area (Å²) in [6.07, 6.45) is 6.82. The van der Waals surface area contributed by atoms with Crippen molar-refractivity contribution in [1.82, 2.24) is 4.98 Å². The summed E-state index contributed by atoms with van der Waals surface area (Å²) < 4.78 is 39.8. The van der Waals surface area contributed by atoms with Crippen molar-refractivity contribution >= 4 is 45.6 Å². The van der Waals surface area contributed by atoms with Gasteiger partial charge in [0.15, 0.2) is 6.29 Å². The fourth-order valence-corrected chi connectivity index (χ4v) is 4.89. The lowest BCUT2D eigenvalue weighted by atomic mass is 10.0. The molecule has 0 unspecified atom stereocenters. The summed E-state index contributed by atoms with van der Waals surface area (Å²) in [6, 6.07) is 8.20. The third kappa shape index (κ3) is 5.66. The molecule has 3 aromatic rings. The number of rotatable bonds is 8. The normalized spacial score (nSPS) is 13.4. The maximum atomic E-state index is 12.1. The van der Waals surface area contributed by atoms with Crippen molar-refractivity contribution in [3.63, 3.8) is 0 Å². The molecule has 1 heterocycles. The molecule has 0 spiro atoms. The van der Waals surface area contributed by atoms with Crippen LogP contribution in [0.3, 0.4) is 0 Å². The van der Waals surface area contributed by atoms with Crippen LogP contribution >= 0.6 is 0 Å². The van der Waals surface area contributed by atoms with E-state index in [1.807, 2.05) is 26.8 Å². The standard InChI is InChI=1S/C26H26N6O5S/c1-15(2)37-26-17(14-33)10-16(3)11-21(26)22-9-8-18(13-28-22)29-30-23-12-24(38(34,35)36)19-6-4-5-7-20(19)25(23)31-32-27/h6-15H,4-5H2,1-3H3,(H2,27,31)(H,34,35,36). The van der Waals surface area contributed by atoms with Gasteiger partial charge < -0.3 is 10.6 Å². The Balaban J connectivity index is 1.77. The van der Waals surface area contributed by atoms with Crippen molar-refractivity contribution < 1.29 is 22.5 Å². The van der Waals surface area contributed by atoms with Crippen molar-refractivity contribution in [1.29, 1.82) is 0 Å². The quantitative estimate of drug-likeness (QED) is 0.139. The van der Waals surface area contributed by atoms with E-state index in [1.165, 1.54) is 12.3 Å². The Hall–Kier alpha value is -4.29. The van der Waals surface area contributed by atoms with Gasteiger partial charge in [0, 0.05) is 16.0 Å². The van der Waals surface area contributed by atoms with Gasteiger partial charge >= 0.3 is 0 Å². The second-order valence-corrected chi connectivity index (χ2v) is 10.3. The van der Waals surface area contributed by atoms with Gasteiger partial charge in [0.1, 0.15) is 27.7 Å². The number of hydrogen-bond donors (Lipinski definition) is 2. The monoisotopic (exact) mass is 534 g/mol. The summed E-state index contributed by atoms with van der Waals surface area (Å²) >= 11 is 0. The molecule has 0 atom stereocenters. The van der Waals surface area contributed by atoms with Crippen LogP contribution in [0.4, 0.5) is 17.1 Å². The molecule has 1 aromatic heterocycles. The number of azo groups is 1. The van der Waals surface area contributed by atoms with Crippen molar-refractivity contribution in [3.05, 3.63) is 58.1 Å². The zero-order chi connectivity index (χ0) is 27.4. The Labute approximate surface area is 219 Å². The van der Waals surface area contributed by atoms with Gasteiger partial charge in [0.05, 0.1) is 23.6 Å². The lowest BCUT2D eigenvalue weighted by Gasteiger charge is -2.17. The van der Waals surface area contributed by atoms with Crippen LogP contribution in [0.2, 0.25) is 0 Å². The molecule has 11 nitrogen and oxygen atoms in total. The molecular weight excluding hydrogens is 508 g/mol. The molecule has 196 valence electrons. The molecule has 0 saturated heterocycles. The third-order valence-corrected chi connectivity index (χ3v) is 6.55. The van der Waals surface area contributed by atoms with Gasteiger partial charge in [-0.25, -0.2) is 0 Å². The van der Waals surface area contributed by atoms with Crippen molar-refractivity contribution in [2.45, 2.75) is 44.6 Å². The molecule has 0 fully saturated rings. The van der Waals surface area contributed by atoms with E-state index in [0.29, 0.717) is 51.5 Å². The highest BCUT2D eigenvalue weighted by Gasteiger charge is 2.20. The van der Waals surface area contributed by atoms with E-state index in [1.54, 1.807) is 30.4 Å². The Morgan fingerprint density at radius 1 is 1.08 bits per heavy atom. The molecule has 0 bridgehead atoms. The van der Waals surface area contributed by atoms with Crippen LogP contribution in [0.15, 0.2) is 62.0 Å². The molecule has 12 heteroatoms. The molecule has 1 aliphatic rings. The van der Waals surface area contributed by atoms with Crippen molar-refractivity contribution in [3.8, 4) is 17.0 Å². The SMILES string of the molecule is Cc1cc(C=O)c(OC(C)C)c(-c2ccc(N=Nc3cc(S(=O)(=O)O)c4c(c3N=NN)=CCCC=4)cn2)c1. The average Bonchev–Trinajstić information content (AvgIpc) is 2.88. The Bertz CT molecular complexity index is 1680. The van der Waals surface area contributed by atoms with Crippen LogP contribution in [-0.4, -0.2) is 30.3 Å². The first-order chi connectivity index (χ1) is 18.1. The summed E-state index contributed by atoms with van der Waals surface area (Å²) in [5, 5.41) is 16.4. The minimum absolute atomic E-state index is 0.0585. The number of aromatic nitrogens is 1. The summed E-state index contributed by atoms with van der Waals surface area (Å²) in [5.41, 5.74) is 3.18. The minimum Gasteiger partial charge on any atom is -0.490 e. The molecule has 4 rings (SSSR count). The lowest BCUT2D eigenvalue weighted by Crippen LogP contribution is -2.32. The first-order valence-corrected chi connectivity index (χ1v) is 13.2. The lowest BCUT2D eigenvalue weighted by molar-refractivity contribution is 0.111. The number of carbonyl (C=O) groups is 1. The van der Waals surface area contributed by atoms with Gasteiger partial charge in [0.2, 0.25) is 0 Å². The van der Waals surface area contributed by atoms with Gasteiger partial charge in [-0.2, -0.15) is 8.42 Å². The highest BCUT2D eigenvalue weighted by molar-refractivity contribution is 7.85. The van der Waals surface area contributed by atoms with Gasteiger partial charge in [0.25, 0.3) is 10.1 Å². The van der Waals surface area contributed by atoms with Crippen LogP contribution in [0, 0.1) is 6.92 Å². The molecule has 0 aliphatic heterocycles. The number of nitrogens with zero attached hydrogens (tertiary/aromatic N) is 5. The Morgan fingerprint density at radius 3 is 2.42 bits per heavy atom. The highest BCUT2D eigenvalue weighted by atomic mass is 32.2. The largest absolute Gasteiger partial charge is 0.490 e. The first kappa shape index (κ1) is 26.8. The number of pyridine rings is 1. The maximum absolute atomic E-state index is 12.1. The molecular formula is C26H26N6O5S. The molecule has 0 radical (unpaired) electrons. The number of fused-ring (bicyclic) bond motifs is 1. The molecule has 0 amide bonds. The smallest absolute Gasteiger partial charge is 0.295 e. The number of ether oxygens (including phenoxy) is 1. The Morgan fingerprint density at radius 2 is 1.82 bits per heavy atom. The number of aryl methyl sites for hydroxylation is 1. The molecule has 1 aliphatic carbocycles. The van der Waals surface area contributed by atoms with E-state index in [4.69, 9.17) is 10.6 Å². The predicted molar refractivity (Wildman–Crippen MR) is 142 cm³/mol. The molecule has 2 aromatic carbocycles. The molecule has 0 saturated carbocycles. The summed E-state index contributed by atoms with van der Waals surface area (Å²) in [6.45, 7) is 5.62. The van der Waals surface area contributed by atoms with E-state index >= 15 is 0 Å². The van der Waals surface area contributed by atoms with Gasteiger partial charge in [-0.15, -0.1) is 15.3 Å². The number of nitrogens with two attached hydrogens (primary N) is 1. The number of benzene rings is 2. The third-order valence-electron chi connectivity index (χ3n) is 5.66. The maximum Gasteiger partial charge on any atom is 0.295 e. The Kier molecular flexibility index (Phi) is 7.74. The fourth-order valence-electron chi connectivity index (χ4n) is 4.16. The molecule has 3 N–H and O–H groups in total. The zero-order valence-corrected chi connectivity index (χ0v) is 21.8. The van der Waals surface area contributed by atoms with Crippen LogP contribution in [0.1, 0.15) is 42.6 Å². The van der Waals surface area contributed by atoms with E-state index in [0.717, 1.165) is 11.8 Å². The minimum atomic E-state index is -4.55. The average molecular weight is 535 g/mol. The summed E-state index contributed by atoms with van der Waals surface area (Å²) in [5.74, 6) is 5.74. The fraction of sp³-hybridized carbons (Fsp3) is 0.231. The predicted octanol–water partition coefficient (Wildman–Crippen LogP) is 4.63. The first-order valence-electron chi connectivity index (χ1n) is 11.7. The second-order valence-electron chi connectivity index (χ2n) is 8.86.